The van der Waals surface area contributed by atoms with Crippen molar-refractivity contribution in [1.29, 1.82) is 0 Å². The molecule has 0 unspecified atom stereocenters. The number of rotatable bonds is 3. The van der Waals surface area contributed by atoms with Crippen molar-refractivity contribution in [3.8, 4) is 11.4 Å². The summed E-state index contributed by atoms with van der Waals surface area (Å²) in [6, 6.07) is 7.54. The predicted octanol–water partition coefficient (Wildman–Crippen LogP) is 1.69. The van der Waals surface area contributed by atoms with E-state index in [1.165, 1.54) is 6.21 Å². The Kier molecular flexibility index (Phi) is 2.86. The summed E-state index contributed by atoms with van der Waals surface area (Å²) >= 11 is 0. The highest BCUT2D eigenvalue weighted by molar-refractivity contribution is 5.75. The van der Waals surface area contributed by atoms with Gasteiger partial charge in [0.1, 0.15) is 12.0 Å². The minimum absolute atomic E-state index is 0.534. The first kappa shape index (κ1) is 10.2. The summed E-state index contributed by atoms with van der Waals surface area (Å²) in [6.45, 7) is 0. The number of aromatic nitrogens is 2. The van der Waals surface area contributed by atoms with Gasteiger partial charge < -0.3 is 9.94 Å². The molecule has 2 rings (SSSR count). The van der Waals surface area contributed by atoms with Gasteiger partial charge in [-0.2, -0.15) is 0 Å². The third-order valence-corrected chi connectivity index (χ3v) is 2.19. The summed E-state index contributed by atoms with van der Waals surface area (Å²) in [4.78, 5) is 4.06. The first-order valence-electron chi connectivity index (χ1n) is 4.71. The van der Waals surface area contributed by atoms with Crippen LogP contribution in [-0.4, -0.2) is 28.1 Å². The van der Waals surface area contributed by atoms with Crippen molar-refractivity contribution >= 4 is 6.21 Å². The third-order valence-electron chi connectivity index (χ3n) is 2.19. The number of oxime groups is 1. The van der Waals surface area contributed by atoms with Crippen LogP contribution in [0.2, 0.25) is 0 Å². The van der Waals surface area contributed by atoms with E-state index in [4.69, 9.17) is 9.94 Å². The number of ether oxygens (including phenoxy) is 1. The molecule has 0 saturated carbocycles. The maximum absolute atomic E-state index is 8.52. The minimum Gasteiger partial charge on any atom is -0.495 e. The molecule has 1 N–H and O–H groups in total. The SMILES string of the molecule is COc1ccccc1-n1ccnc1/C=N/O. The fourth-order valence-electron chi connectivity index (χ4n) is 1.49. The third kappa shape index (κ3) is 1.75. The molecule has 0 saturated heterocycles. The molecule has 1 heterocycles. The van der Waals surface area contributed by atoms with Crippen LogP contribution in [0.5, 0.6) is 5.75 Å². The Morgan fingerprint density at radius 3 is 3.00 bits per heavy atom. The van der Waals surface area contributed by atoms with E-state index in [0.29, 0.717) is 5.82 Å². The molecular formula is C11H11N3O2. The van der Waals surface area contributed by atoms with Gasteiger partial charge in [-0.25, -0.2) is 4.98 Å². The lowest BCUT2D eigenvalue weighted by atomic mass is 10.3. The van der Waals surface area contributed by atoms with Crippen LogP contribution in [-0.2, 0) is 0 Å². The number of para-hydroxylation sites is 2. The van der Waals surface area contributed by atoms with Crippen molar-refractivity contribution in [3.05, 3.63) is 42.5 Å². The topological polar surface area (TPSA) is 59.6 Å². The molecule has 1 aromatic carbocycles. The predicted molar refractivity (Wildman–Crippen MR) is 59.5 cm³/mol. The molecule has 0 bridgehead atoms. The van der Waals surface area contributed by atoms with Crippen LogP contribution in [0.15, 0.2) is 41.8 Å². The Bertz CT molecular complexity index is 505. The molecule has 0 amide bonds. The Morgan fingerprint density at radius 2 is 2.25 bits per heavy atom. The fourth-order valence-corrected chi connectivity index (χ4v) is 1.49. The van der Waals surface area contributed by atoms with Crippen LogP contribution in [0.3, 0.4) is 0 Å². The van der Waals surface area contributed by atoms with Gasteiger partial charge in [0.15, 0.2) is 5.82 Å². The van der Waals surface area contributed by atoms with Gasteiger partial charge in [0.05, 0.1) is 12.8 Å². The van der Waals surface area contributed by atoms with E-state index in [2.05, 4.69) is 10.1 Å². The Morgan fingerprint density at radius 1 is 1.44 bits per heavy atom. The molecule has 2 aromatic rings. The van der Waals surface area contributed by atoms with E-state index in [-0.39, 0.29) is 0 Å². The van der Waals surface area contributed by atoms with Gasteiger partial charge in [-0.1, -0.05) is 17.3 Å². The molecule has 82 valence electrons. The molecule has 0 aliphatic carbocycles. The number of methoxy groups -OCH3 is 1. The Labute approximate surface area is 92.6 Å². The van der Waals surface area contributed by atoms with E-state index in [1.807, 2.05) is 24.3 Å². The largest absolute Gasteiger partial charge is 0.495 e. The highest BCUT2D eigenvalue weighted by atomic mass is 16.5. The van der Waals surface area contributed by atoms with Crippen molar-refractivity contribution in [1.82, 2.24) is 9.55 Å². The molecule has 0 aliphatic heterocycles. The Balaban J connectivity index is 2.54. The first-order chi connectivity index (χ1) is 7.86. The van der Waals surface area contributed by atoms with E-state index in [9.17, 15) is 0 Å². The van der Waals surface area contributed by atoms with E-state index in [0.717, 1.165) is 11.4 Å². The summed E-state index contributed by atoms with van der Waals surface area (Å²) in [6.07, 6.45) is 4.67. The molecule has 0 spiro atoms. The number of benzene rings is 1. The summed E-state index contributed by atoms with van der Waals surface area (Å²) in [5.74, 6) is 1.26. The molecular weight excluding hydrogens is 206 g/mol. The second-order valence-corrected chi connectivity index (χ2v) is 3.07. The molecule has 5 heteroatoms. The standard InChI is InChI=1S/C11H11N3O2/c1-16-10-5-3-2-4-9(10)14-7-6-12-11(14)8-13-15/h2-8,15H,1H3/b13-8+. The second-order valence-electron chi connectivity index (χ2n) is 3.07. The maximum Gasteiger partial charge on any atom is 0.159 e. The van der Waals surface area contributed by atoms with Crippen LogP contribution in [0.25, 0.3) is 5.69 Å². The normalized spacial score (nSPS) is 10.8. The van der Waals surface area contributed by atoms with Crippen molar-refractivity contribution in [2.75, 3.05) is 7.11 Å². The zero-order valence-electron chi connectivity index (χ0n) is 8.74. The fraction of sp³-hybridized carbons (Fsp3) is 0.0909. The zero-order valence-corrected chi connectivity index (χ0v) is 8.74. The number of imidazole rings is 1. The lowest BCUT2D eigenvalue weighted by Crippen LogP contribution is -2.01. The molecule has 16 heavy (non-hydrogen) atoms. The average molecular weight is 217 g/mol. The molecule has 0 atom stereocenters. The number of nitrogens with zero attached hydrogens (tertiary/aromatic N) is 3. The second kappa shape index (κ2) is 4.48. The summed E-state index contributed by atoms with van der Waals surface area (Å²) < 4.78 is 7.02. The van der Waals surface area contributed by atoms with Crippen molar-refractivity contribution in [2.24, 2.45) is 5.16 Å². The molecule has 0 aliphatic rings. The van der Waals surface area contributed by atoms with Crippen LogP contribution >= 0.6 is 0 Å². The summed E-state index contributed by atoms with van der Waals surface area (Å²) in [5, 5.41) is 11.5. The highest BCUT2D eigenvalue weighted by Gasteiger charge is 2.07. The highest BCUT2D eigenvalue weighted by Crippen LogP contribution is 2.22. The monoisotopic (exact) mass is 217 g/mol. The molecule has 5 nitrogen and oxygen atoms in total. The number of hydrogen-bond acceptors (Lipinski definition) is 4. The molecule has 1 aromatic heterocycles. The Hall–Kier alpha value is -2.30. The molecule has 0 fully saturated rings. The smallest absolute Gasteiger partial charge is 0.159 e. The maximum atomic E-state index is 8.52. The summed E-state index contributed by atoms with van der Waals surface area (Å²) in [7, 11) is 1.61. The van der Waals surface area contributed by atoms with Crippen LogP contribution < -0.4 is 4.74 Å². The minimum atomic E-state index is 0.534. The van der Waals surface area contributed by atoms with Crippen molar-refractivity contribution in [3.63, 3.8) is 0 Å². The van der Waals surface area contributed by atoms with E-state index >= 15 is 0 Å². The van der Waals surface area contributed by atoms with Crippen LogP contribution in [0, 0.1) is 0 Å². The molecule has 0 radical (unpaired) electrons. The van der Waals surface area contributed by atoms with Gasteiger partial charge in [-0.05, 0) is 12.1 Å². The summed E-state index contributed by atoms with van der Waals surface area (Å²) in [5.41, 5.74) is 0.845. The lowest BCUT2D eigenvalue weighted by Gasteiger charge is -2.09. The van der Waals surface area contributed by atoms with Crippen molar-refractivity contribution < 1.29 is 9.94 Å². The lowest BCUT2D eigenvalue weighted by molar-refractivity contribution is 0.321. The van der Waals surface area contributed by atoms with Gasteiger partial charge in [-0.3, -0.25) is 4.57 Å². The van der Waals surface area contributed by atoms with E-state index < -0.39 is 0 Å². The quantitative estimate of drug-likeness (QED) is 0.483. The number of hydrogen-bond donors (Lipinski definition) is 1. The van der Waals surface area contributed by atoms with Crippen molar-refractivity contribution in [2.45, 2.75) is 0 Å². The average Bonchev–Trinajstić information content (AvgIpc) is 2.77. The van der Waals surface area contributed by atoms with Gasteiger partial charge in [0, 0.05) is 12.4 Å². The van der Waals surface area contributed by atoms with Gasteiger partial charge in [0.2, 0.25) is 0 Å². The van der Waals surface area contributed by atoms with Gasteiger partial charge in [-0.15, -0.1) is 0 Å². The van der Waals surface area contributed by atoms with Crippen LogP contribution in [0.4, 0.5) is 0 Å². The van der Waals surface area contributed by atoms with Gasteiger partial charge in [0.25, 0.3) is 0 Å². The first-order valence-corrected chi connectivity index (χ1v) is 4.71. The van der Waals surface area contributed by atoms with E-state index in [1.54, 1.807) is 24.1 Å². The zero-order chi connectivity index (χ0) is 11.4. The van der Waals surface area contributed by atoms with Crippen LogP contribution in [0.1, 0.15) is 5.82 Å². The van der Waals surface area contributed by atoms with Gasteiger partial charge >= 0.3 is 0 Å².